The average molecular weight is 377 g/mol. The predicted octanol–water partition coefficient (Wildman–Crippen LogP) is 3.60. The molecule has 0 saturated heterocycles. The highest BCUT2D eigenvalue weighted by Gasteiger charge is 2.57. The third kappa shape index (κ3) is 3.99. The Bertz CT molecular complexity index is 911. The van der Waals surface area contributed by atoms with Crippen molar-refractivity contribution < 1.29 is 12.8 Å². The number of halogens is 1. The Balaban J connectivity index is 1.67. The molecular formula is C19H24FN3O2S. The van der Waals surface area contributed by atoms with Gasteiger partial charge in [-0.2, -0.15) is 8.42 Å². The number of nitrogens with two attached hydrogens (primary N) is 1. The van der Waals surface area contributed by atoms with Crippen LogP contribution in [0.3, 0.4) is 0 Å². The topological polar surface area (TPSA) is 84.2 Å². The van der Waals surface area contributed by atoms with Gasteiger partial charge in [-0.05, 0) is 65.6 Å². The fourth-order valence-electron chi connectivity index (χ4n) is 3.75. The molecule has 0 amide bonds. The minimum Gasteiger partial charge on any atom is -0.385 e. The summed E-state index contributed by atoms with van der Waals surface area (Å²) in [5.41, 5.74) is 3.58. The largest absolute Gasteiger partial charge is 0.385 e. The second kappa shape index (κ2) is 6.55. The number of nitrogens with one attached hydrogen (secondary N) is 2. The summed E-state index contributed by atoms with van der Waals surface area (Å²) in [6, 6.07) is 12.1. The van der Waals surface area contributed by atoms with Gasteiger partial charge in [-0.25, -0.2) is 9.53 Å². The Morgan fingerprint density at radius 3 is 2.38 bits per heavy atom. The highest BCUT2D eigenvalue weighted by Crippen LogP contribution is 2.64. The Morgan fingerprint density at radius 2 is 1.81 bits per heavy atom. The molecule has 1 fully saturated rings. The minimum atomic E-state index is -3.76. The van der Waals surface area contributed by atoms with E-state index in [9.17, 15) is 12.8 Å². The summed E-state index contributed by atoms with van der Waals surface area (Å²) in [6.45, 7) is 7.12. The van der Waals surface area contributed by atoms with E-state index in [0.29, 0.717) is 17.5 Å². The van der Waals surface area contributed by atoms with E-state index in [2.05, 4.69) is 23.9 Å². The van der Waals surface area contributed by atoms with Crippen molar-refractivity contribution in [2.45, 2.75) is 26.7 Å². The maximum absolute atomic E-state index is 13.2. The minimum absolute atomic E-state index is 0.135. The zero-order valence-electron chi connectivity index (χ0n) is 15.1. The maximum Gasteiger partial charge on any atom is 0.296 e. The summed E-state index contributed by atoms with van der Waals surface area (Å²) in [5.74, 6) is 0.578. The molecule has 5 nitrogen and oxygen atoms in total. The van der Waals surface area contributed by atoms with Crippen LogP contribution >= 0.6 is 0 Å². The molecule has 140 valence electrons. The molecule has 0 bridgehead atoms. The lowest BCUT2D eigenvalue weighted by molar-refractivity contribution is 0.565. The highest BCUT2D eigenvalue weighted by atomic mass is 32.2. The molecule has 26 heavy (non-hydrogen) atoms. The molecule has 2 aromatic rings. The summed E-state index contributed by atoms with van der Waals surface area (Å²) >= 11 is 0. The molecule has 0 radical (unpaired) electrons. The van der Waals surface area contributed by atoms with Gasteiger partial charge in [0.15, 0.2) is 0 Å². The van der Waals surface area contributed by atoms with Crippen molar-refractivity contribution >= 4 is 21.6 Å². The van der Waals surface area contributed by atoms with Crippen LogP contribution in [0.4, 0.5) is 15.8 Å². The van der Waals surface area contributed by atoms with E-state index in [1.54, 1.807) is 18.2 Å². The van der Waals surface area contributed by atoms with Gasteiger partial charge in [-0.3, -0.25) is 4.72 Å². The first-order valence-corrected chi connectivity index (χ1v) is 10.0. The van der Waals surface area contributed by atoms with Gasteiger partial charge in [0.25, 0.3) is 10.2 Å². The second-order valence-electron chi connectivity index (χ2n) is 7.51. The van der Waals surface area contributed by atoms with E-state index < -0.39 is 10.2 Å². The van der Waals surface area contributed by atoms with Crippen LogP contribution in [0.5, 0.6) is 0 Å². The molecule has 1 aliphatic rings. The molecule has 7 heteroatoms. The summed E-state index contributed by atoms with van der Waals surface area (Å²) in [4.78, 5) is 0. The molecule has 1 saturated carbocycles. The van der Waals surface area contributed by atoms with Gasteiger partial charge in [0.05, 0.1) is 0 Å². The second-order valence-corrected chi connectivity index (χ2v) is 8.81. The summed E-state index contributed by atoms with van der Waals surface area (Å²) in [6.07, 6.45) is 0. The number of aryl methyl sites for hydroxylation is 1. The molecule has 0 heterocycles. The Kier molecular flexibility index (Phi) is 4.71. The van der Waals surface area contributed by atoms with Crippen LogP contribution in [0, 0.1) is 24.1 Å². The zero-order valence-corrected chi connectivity index (χ0v) is 15.9. The SMILES string of the molecule is Cc1cc(F)ccc1NCC1C(c2ccc(NS(N)(=O)=O)cc2)C1(C)C. The number of rotatable bonds is 6. The van der Waals surface area contributed by atoms with E-state index in [4.69, 9.17) is 5.14 Å². The number of hydrogen-bond donors (Lipinski definition) is 3. The van der Waals surface area contributed by atoms with Gasteiger partial charge in [0, 0.05) is 17.9 Å². The van der Waals surface area contributed by atoms with Crippen molar-refractivity contribution in [2.75, 3.05) is 16.6 Å². The van der Waals surface area contributed by atoms with Gasteiger partial charge in [0.2, 0.25) is 0 Å². The van der Waals surface area contributed by atoms with E-state index >= 15 is 0 Å². The van der Waals surface area contributed by atoms with Gasteiger partial charge in [-0.15, -0.1) is 0 Å². The van der Waals surface area contributed by atoms with Crippen LogP contribution in [-0.2, 0) is 10.2 Å². The fraction of sp³-hybridized carbons (Fsp3) is 0.368. The van der Waals surface area contributed by atoms with Crippen molar-refractivity contribution in [1.82, 2.24) is 0 Å². The molecule has 3 rings (SSSR count). The van der Waals surface area contributed by atoms with Crippen molar-refractivity contribution in [3.8, 4) is 0 Å². The van der Waals surface area contributed by atoms with E-state index in [1.807, 2.05) is 19.1 Å². The Hall–Kier alpha value is -2.12. The van der Waals surface area contributed by atoms with E-state index in [0.717, 1.165) is 23.4 Å². The van der Waals surface area contributed by atoms with E-state index in [-0.39, 0.29) is 11.2 Å². The summed E-state index contributed by atoms with van der Waals surface area (Å²) < 4.78 is 37.7. The summed E-state index contributed by atoms with van der Waals surface area (Å²) in [5, 5.41) is 8.41. The number of benzene rings is 2. The van der Waals surface area contributed by atoms with Gasteiger partial charge >= 0.3 is 0 Å². The highest BCUT2D eigenvalue weighted by molar-refractivity contribution is 7.90. The lowest BCUT2D eigenvalue weighted by Crippen LogP contribution is -2.21. The number of anilines is 2. The molecule has 1 aliphatic carbocycles. The molecule has 2 unspecified atom stereocenters. The first kappa shape index (κ1) is 18.7. The van der Waals surface area contributed by atoms with Gasteiger partial charge in [0.1, 0.15) is 5.82 Å². The normalized spacial score (nSPS) is 21.3. The number of hydrogen-bond acceptors (Lipinski definition) is 3. The first-order chi connectivity index (χ1) is 12.1. The first-order valence-electron chi connectivity index (χ1n) is 8.48. The van der Waals surface area contributed by atoms with Crippen molar-refractivity contribution in [3.63, 3.8) is 0 Å². The van der Waals surface area contributed by atoms with Crippen molar-refractivity contribution in [1.29, 1.82) is 0 Å². The van der Waals surface area contributed by atoms with Gasteiger partial charge < -0.3 is 5.32 Å². The molecule has 0 aliphatic heterocycles. The third-order valence-corrected chi connectivity index (χ3v) is 5.80. The van der Waals surface area contributed by atoms with Crippen LogP contribution in [0.15, 0.2) is 42.5 Å². The predicted molar refractivity (Wildman–Crippen MR) is 103 cm³/mol. The van der Waals surface area contributed by atoms with Crippen LogP contribution in [0.1, 0.15) is 30.9 Å². The monoisotopic (exact) mass is 377 g/mol. The third-order valence-electron chi connectivity index (χ3n) is 5.28. The van der Waals surface area contributed by atoms with Crippen LogP contribution in [0.25, 0.3) is 0 Å². The maximum atomic E-state index is 13.2. The molecule has 0 aromatic heterocycles. The summed E-state index contributed by atoms with van der Waals surface area (Å²) in [7, 11) is -3.76. The molecule has 4 N–H and O–H groups in total. The molecule has 0 spiro atoms. The van der Waals surface area contributed by atoms with Crippen LogP contribution in [0.2, 0.25) is 0 Å². The van der Waals surface area contributed by atoms with Crippen LogP contribution in [-0.4, -0.2) is 15.0 Å². The van der Waals surface area contributed by atoms with Crippen LogP contribution < -0.4 is 15.2 Å². The smallest absolute Gasteiger partial charge is 0.296 e. The Morgan fingerprint density at radius 1 is 1.15 bits per heavy atom. The lowest BCUT2D eigenvalue weighted by atomic mass is 10.0. The lowest BCUT2D eigenvalue weighted by Gasteiger charge is -2.10. The Labute approximate surface area is 154 Å². The van der Waals surface area contributed by atoms with Crippen molar-refractivity contribution in [2.24, 2.45) is 16.5 Å². The van der Waals surface area contributed by atoms with Crippen molar-refractivity contribution in [3.05, 3.63) is 59.4 Å². The zero-order chi connectivity index (χ0) is 19.1. The molecule has 2 atom stereocenters. The average Bonchev–Trinajstić information content (AvgIpc) is 3.07. The molecule has 2 aromatic carbocycles. The van der Waals surface area contributed by atoms with E-state index in [1.165, 1.54) is 12.1 Å². The quantitative estimate of drug-likeness (QED) is 0.719. The van der Waals surface area contributed by atoms with Gasteiger partial charge in [-0.1, -0.05) is 26.0 Å². The standard InChI is InChI=1S/C19H24FN3O2S/c1-12-10-14(20)6-9-17(12)22-11-16-18(19(16,2)3)13-4-7-15(8-5-13)23-26(21,24)25/h4-10,16,18,22-23H,11H2,1-3H3,(H2,21,24,25). The fourth-order valence-corrected chi connectivity index (χ4v) is 4.22. The molecular weight excluding hydrogens is 353 g/mol.